The number of β-amino-alcohol motifs (C(OH)–C–C–N with tert-alkyl or cyclic N) is 1. The second-order valence-corrected chi connectivity index (χ2v) is 5.25. The Hall–Kier alpha value is -1.39. The van der Waals surface area contributed by atoms with Gasteiger partial charge in [-0.15, -0.1) is 0 Å². The zero-order chi connectivity index (χ0) is 12.5. The van der Waals surface area contributed by atoms with Crippen LogP contribution in [-0.4, -0.2) is 38.6 Å². The highest BCUT2D eigenvalue weighted by Gasteiger charge is 2.24. The molecule has 3 rings (SSSR count). The number of fused-ring (bicyclic) bond motifs is 1. The van der Waals surface area contributed by atoms with E-state index < -0.39 is 0 Å². The van der Waals surface area contributed by atoms with Gasteiger partial charge >= 0.3 is 0 Å². The Morgan fingerprint density at radius 1 is 1.44 bits per heavy atom. The molecule has 1 saturated heterocycles. The number of nitrogens with zero attached hydrogens (tertiary/aromatic N) is 3. The minimum atomic E-state index is -0.196. The summed E-state index contributed by atoms with van der Waals surface area (Å²) in [6, 6.07) is 6.03. The lowest BCUT2D eigenvalue weighted by atomic mass is 9.96. The van der Waals surface area contributed by atoms with Crippen LogP contribution in [0.5, 0.6) is 0 Å². The SMILES string of the molecule is CC1CCN(Cc2cnc3ccccn23)CC1O. The first-order chi connectivity index (χ1) is 8.74. The highest BCUT2D eigenvalue weighted by molar-refractivity contribution is 5.39. The van der Waals surface area contributed by atoms with Crippen molar-refractivity contribution in [2.45, 2.75) is 26.0 Å². The van der Waals surface area contributed by atoms with E-state index in [0.29, 0.717) is 5.92 Å². The van der Waals surface area contributed by atoms with Gasteiger partial charge in [0.15, 0.2) is 0 Å². The maximum Gasteiger partial charge on any atom is 0.136 e. The predicted molar refractivity (Wildman–Crippen MR) is 70.3 cm³/mol. The molecule has 0 aromatic carbocycles. The number of aromatic nitrogens is 2. The maximum atomic E-state index is 9.93. The van der Waals surface area contributed by atoms with Gasteiger partial charge in [-0.05, 0) is 31.0 Å². The summed E-state index contributed by atoms with van der Waals surface area (Å²) in [6.07, 6.45) is 4.84. The third-order valence-corrected chi connectivity index (χ3v) is 3.88. The van der Waals surface area contributed by atoms with E-state index in [2.05, 4.69) is 21.2 Å². The standard InChI is InChI=1S/C14H19N3O/c1-11-5-7-16(10-13(11)18)9-12-8-15-14-4-2-3-6-17(12)14/h2-4,6,8,11,13,18H,5,7,9-10H2,1H3. The van der Waals surface area contributed by atoms with Crippen LogP contribution in [0.1, 0.15) is 19.0 Å². The highest BCUT2D eigenvalue weighted by atomic mass is 16.3. The molecule has 4 nitrogen and oxygen atoms in total. The Kier molecular flexibility index (Phi) is 3.06. The lowest BCUT2D eigenvalue weighted by molar-refractivity contribution is 0.0253. The van der Waals surface area contributed by atoms with Crippen molar-refractivity contribution in [3.63, 3.8) is 0 Å². The van der Waals surface area contributed by atoms with Crippen molar-refractivity contribution < 1.29 is 5.11 Å². The first-order valence-corrected chi connectivity index (χ1v) is 6.55. The number of rotatable bonds is 2. The first-order valence-electron chi connectivity index (χ1n) is 6.55. The molecule has 2 aromatic rings. The number of imidazole rings is 1. The molecule has 18 heavy (non-hydrogen) atoms. The second-order valence-electron chi connectivity index (χ2n) is 5.25. The molecule has 2 atom stereocenters. The van der Waals surface area contributed by atoms with Gasteiger partial charge in [0.05, 0.1) is 18.0 Å². The van der Waals surface area contributed by atoms with Crippen molar-refractivity contribution in [3.8, 4) is 0 Å². The number of hydrogen-bond donors (Lipinski definition) is 1. The lowest BCUT2D eigenvalue weighted by Crippen LogP contribution is -2.42. The average Bonchev–Trinajstić information content (AvgIpc) is 2.78. The summed E-state index contributed by atoms with van der Waals surface area (Å²) < 4.78 is 2.12. The summed E-state index contributed by atoms with van der Waals surface area (Å²) in [5.74, 6) is 0.420. The molecule has 2 aromatic heterocycles. The number of aliphatic hydroxyl groups excluding tert-OH is 1. The molecule has 0 spiro atoms. The van der Waals surface area contributed by atoms with E-state index in [0.717, 1.165) is 31.7 Å². The van der Waals surface area contributed by atoms with Crippen molar-refractivity contribution in [1.82, 2.24) is 14.3 Å². The summed E-state index contributed by atoms with van der Waals surface area (Å²) in [5, 5.41) is 9.93. The normalized spacial score (nSPS) is 25.7. The quantitative estimate of drug-likeness (QED) is 0.872. The van der Waals surface area contributed by atoms with Crippen molar-refractivity contribution in [3.05, 3.63) is 36.3 Å². The Bertz CT molecular complexity index is 537. The van der Waals surface area contributed by atoms with Gasteiger partial charge in [-0.25, -0.2) is 4.98 Å². The molecule has 2 unspecified atom stereocenters. The smallest absolute Gasteiger partial charge is 0.136 e. The number of likely N-dealkylation sites (tertiary alicyclic amines) is 1. The Balaban J connectivity index is 1.76. The summed E-state index contributed by atoms with van der Waals surface area (Å²) in [5.41, 5.74) is 2.17. The Morgan fingerprint density at radius 3 is 3.17 bits per heavy atom. The minimum absolute atomic E-state index is 0.196. The molecule has 96 valence electrons. The molecule has 0 radical (unpaired) electrons. The van der Waals surface area contributed by atoms with E-state index in [-0.39, 0.29) is 6.10 Å². The summed E-state index contributed by atoms with van der Waals surface area (Å²) in [7, 11) is 0. The molecular weight excluding hydrogens is 226 g/mol. The minimum Gasteiger partial charge on any atom is -0.392 e. The van der Waals surface area contributed by atoms with Crippen LogP contribution in [0.2, 0.25) is 0 Å². The maximum absolute atomic E-state index is 9.93. The molecule has 0 bridgehead atoms. The van der Waals surface area contributed by atoms with Crippen LogP contribution in [-0.2, 0) is 6.54 Å². The fourth-order valence-electron chi connectivity index (χ4n) is 2.59. The van der Waals surface area contributed by atoms with E-state index in [1.807, 2.05) is 30.6 Å². The Labute approximate surface area is 107 Å². The molecule has 4 heteroatoms. The molecule has 1 N–H and O–H groups in total. The van der Waals surface area contributed by atoms with Crippen LogP contribution < -0.4 is 0 Å². The summed E-state index contributed by atoms with van der Waals surface area (Å²) >= 11 is 0. The molecule has 0 aliphatic carbocycles. The Morgan fingerprint density at radius 2 is 2.33 bits per heavy atom. The van der Waals surface area contributed by atoms with Crippen LogP contribution in [0.15, 0.2) is 30.6 Å². The van der Waals surface area contributed by atoms with Crippen molar-refractivity contribution in [1.29, 1.82) is 0 Å². The summed E-state index contributed by atoms with van der Waals surface area (Å²) in [6.45, 7) is 4.80. The number of aliphatic hydroxyl groups is 1. The lowest BCUT2D eigenvalue weighted by Gasteiger charge is -2.33. The highest BCUT2D eigenvalue weighted by Crippen LogP contribution is 2.19. The number of pyridine rings is 1. The van der Waals surface area contributed by atoms with Crippen molar-refractivity contribution in [2.24, 2.45) is 5.92 Å². The van der Waals surface area contributed by atoms with Crippen molar-refractivity contribution >= 4 is 5.65 Å². The average molecular weight is 245 g/mol. The van der Waals surface area contributed by atoms with Crippen LogP contribution in [0.3, 0.4) is 0 Å². The molecule has 0 amide bonds. The monoisotopic (exact) mass is 245 g/mol. The molecule has 3 heterocycles. The zero-order valence-corrected chi connectivity index (χ0v) is 10.7. The van der Waals surface area contributed by atoms with Gasteiger partial charge in [-0.3, -0.25) is 4.90 Å². The summed E-state index contributed by atoms with van der Waals surface area (Å²) in [4.78, 5) is 6.70. The van der Waals surface area contributed by atoms with Gasteiger partial charge in [0, 0.05) is 19.3 Å². The van der Waals surface area contributed by atoms with Gasteiger partial charge in [0.25, 0.3) is 0 Å². The predicted octanol–water partition coefficient (Wildman–Crippen LogP) is 1.54. The van der Waals surface area contributed by atoms with Gasteiger partial charge in [-0.2, -0.15) is 0 Å². The fourth-order valence-corrected chi connectivity index (χ4v) is 2.59. The van der Waals surface area contributed by atoms with E-state index in [9.17, 15) is 5.11 Å². The van der Waals surface area contributed by atoms with E-state index >= 15 is 0 Å². The molecule has 0 saturated carbocycles. The van der Waals surface area contributed by atoms with E-state index in [4.69, 9.17) is 0 Å². The molecule has 1 aliphatic rings. The molecular formula is C14H19N3O. The third kappa shape index (κ3) is 2.13. The largest absolute Gasteiger partial charge is 0.392 e. The van der Waals surface area contributed by atoms with Gasteiger partial charge in [0.1, 0.15) is 5.65 Å². The second kappa shape index (κ2) is 4.71. The fraction of sp³-hybridized carbons (Fsp3) is 0.500. The zero-order valence-electron chi connectivity index (χ0n) is 10.7. The van der Waals surface area contributed by atoms with Crippen LogP contribution >= 0.6 is 0 Å². The van der Waals surface area contributed by atoms with E-state index in [1.54, 1.807) is 0 Å². The number of hydrogen-bond acceptors (Lipinski definition) is 3. The van der Waals surface area contributed by atoms with Gasteiger partial charge in [0.2, 0.25) is 0 Å². The molecule has 1 fully saturated rings. The first kappa shape index (κ1) is 11.7. The topological polar surface area (TPSA) is 40.8 Å². The van der Waals surface area contributed by atoms with E-state index in [1.165, 1.54) is 5.69 Å². The van der Waals surface area contributed by atoms with Crippen LogP contribution in [0.25, 0.3) is 5.65 Å². The van der Waals surface area contributed by atoms with Gasteiger partial charge < -0.3 is 9.51 Å². The van der Waals surface area contributed by atoms with Gasteiger partial charge in [-0.1, -0.05) is 13.0 Å². The van der Waals surface area contributed by atoms with Crippen LogP contribution in [0, 0.1) is 5.92 Å². The third-order valence-electron chi connectivity index (χ3n) is 3.88. The molecule has 1 aliphatic heterocycles. The van der Waals surface area contributed by atoms with Crippen molar-refractivity contribution in [2.75, 3.05) is 13.1 Å². The van der Waals surface area contributed by atoms with Crippen LogP contribution in [0.4, 0.5) is 0 Å². The number of piperidine rings is 1.